The van der Waals surface area contributed by atoms with Crippen LogP contribution in [0, 0.1) is 0 Å². The number of rotatable bonds is 1. The second-order valence-electron chi connectivity index (χ2n) is 3.87. The van der Waals surface area contributed by atoms with Crippen molar-refractivity contribution in [3.05, 3.63) is 40.1 Å². The normalized spacial score (nSPS) is 14.8. The lowest BCUT2D eigenvalue weighted by Gasteiger charge is -2.11. The van der Waals surface area contributed by atoms with Crippen molar-refractivity contribution >= 4 is 15.9 Å². The summed E-state index contributed by atoms with van der Waals surface area (Å²) in [6.07, 6.45) is 0.927. The third-order valence-electron chi connectivity index (χ3n) is 2.80. The molecule has 1 aliphatic rings. The van der Waals surface area contributed by atoms with Crippen molar-refractivity contribution in [1.29, 1.82) is 0 Å². The van der Waals surface area contributed by atoms with Crippen LogP contribution in [-0.4, -0.2) is 11.7 Å². The summed E-state index contributed by atoms with van der Waals surface area (Å²) in [6.45, 7) is 1.82. The van der Waals surface area contributed by atoms with Crippen LogP contribution in [0.1, 0.15) is 11.3 Å². The van der Waals surface area contributed by atoms with E-state index in [1.807, 2.05) is 12.1 Å². The molecule has 4 heteroatoms. The number of aromatic nitrogens is 1. The highest BCUT2D eigenvalue weighted by atomic mass is 79.9. The second-order valence-corrected chi connectivity index (χ2v) is 4.79. The Balaban J connectivity index is 2.09. The van der Waals surface area contributed by atoms with Gasteiger partial charge in [-0.05, 0) is 12.1 Å². The maximum atomic E-state index is 5.38. The van der Waals surface area contributed by atoms with Crippen molar-refractivity contribution in [2.24, 2.45) is 0 Å². The number of nitrogens with zero attached hydrogens (tertiary/aromatic N) is 1. The summed E-state index contributed by atoms with van der Waals surface area (Å²) in [4.78, 5) is 0. The molecule has 0 unspecified atom stereocenters. The van der Waals surface area contributed by atoms with Gasteiger partial charge in [0.25, 0.3) is 0 Å². The van der Waals surface area contributed by atoms with Gasteiger partial charge in [-0.3, -0.25) is 0 Å². The van der Waals surface area contributed by atoms with Gasteiger partial charge in [0.1, 0.15) is 11.5 Å². The number of nitrogens with one attached hydrogen (secondary N) is 1. The smallest absolute Gasteiger partial charge is 0.143 e. The number of benzene rings is 1. The molecule has 1 aromatic heterocycles. The zero-order chi connectivity index (χ0) is 11.0. The molecule has 82 valence electrons. The van der Waals surface area contributed by atoms with Gasteiger partial charge in [-0.2, -0.15) is 0 Å². The van der Waals surface area contributed by atoms with Crippen molar-refractivity contribution < 1.29 is 4.52 Å². The molecule has 0 bridgehead atoms. The van der Waals surface area contributed by atoms with Crippen LogP contribution in [0.3, 0.4) is 0 Å². The van der Waals surface area contributed by atoms with E-state index in [0.717, 1.165) is 41.0 Å². The molecule has 0 aliphatic carbocycles. The van der Waals surface area contributed by atoms with Crippen LogP contribution in [0.5, 0.6) is 0 Å². The Hall–Kier alpha value is -1.13. The molecule has 1 aromatic carbocycles. The molecule has 2 heterocycles. The van der Waals surface area contributed by atoms with Crippen LogP contribution >= 0.6 is 15.9 Å². The molecule has 1 aliphatic heterocycles. The quantitative estimate of drug-likeness (QED) is 0.872. The van der Waals surface area contributed by atoms with Gasteiger partial charge in [0, 0.05) is 35.1 Å². The summed E-state index contributed by atoms with van der Waals surface area (Å²) in [5.41, 5.74) is 3.26. The van der Waals surface area contributed by atoms with Crippen molar-refractivity contribution in [3.8, 4) is 11.3 Å². The van der Waals surface area contributed by atoms with Crippen LogP contribution < -0.4 is 5.32 Å². The van der Waals surface area contributed by atoms with E-state index in [9.17, 15) is 0 Å². The van der Waals surface area contributed by atoms with Gasteiger partial charge in [-0.1, -0.05) is 33.2 Å². The summed E-state index contributed by atoms with van der Waals surface area (Å²) < 4.78 is 6.44. The zero-order valence-electron chi connectivity index (χ0n) is 8.66. The molecule has 0 radical (unpaired) electrons. The summed E-state index contributed by atoms with van der Waals surface area (Å²) in [6, 6.07) is 8.13. The maximum absolute atomic E-state index is 5.38. The zero-order valence-corrected chi connectivity index (χ0v) is 10.3. The summed E-state index contributed by atoms with van der Waals surface area (Å²) in [5.74, 6) is 1.02. The topological polar surface area (TPSA) is 38.1 Å². The minimum Gasteiger partial charge on any atom is -0.360 e. The molecule has 0 atom stereocenters. The molecule has 0 saturated heterocycles. The summed E-state index contributed by atoms with van der Waals surface area (Å²) >= 11 is 3.47. The Morgan fingerprint density at radius 2 is 2.31 bits per heavy atom. The Morgan fingerprint density at radius 3 is 3.19 bits per heavy atom. The van der Waals surface area contributed by atoms with E-state index >= 15 is 0 Å². The van der Waals surface area contributed by atoms with Gasteiger partial charge in [-0.15, -0.1) is 0 Å². The Kier molecular flexibility index (Phi) is 2.53. The first-order chi connectivity index (χ1) is 7.84. The summed E-state index contributed by atoms with van der Waals surface area (Å²) in [5, 5.41) is 7.51. The van der Waals surface area contributed by atoms with Crippen LogP contribution in [-0.2, 0) is 13.0 Å². The lowest BCUT2D eigenvalue weighted by molar-refractivity contribution is 0.374. The Morgan fingerprint density at radius 1 is 1.38 bits per heavy atom. The van der Waals surface area contributed by atoms with E-state index in [4.69, 9.17) is 4.52 Å². The van der Waals surface area contributed by atoms with Gasteiger partial charge in [0.05, 0.1) is 0 Å². The third kappa shape index (κ3) is 1.68. The first kappa shape index (κ1) is 10.1. The highest BCUT2D eigenvalue weighted by molar-refractivity contribution is 9.10. The molecule has 0 amide bonds. The van der Waals surface area contributed by atoms with E-state index in [1.165, 1.54) is 5.56 Å². The van der Waals surface area contributed by atoms with E-state index in [0.29, 0.717) is 0 Å². The van der Waals surface area contributed by atoms with Gasteiger partial charge < -0.3 is 9.84 Å². The first-order valence-corrected chi connectivity index (χ1v) is 6.08. The fourth-order valence-electron chi connectivity index (χ4n) is 2.00. The van der Waals surface area contributed by atoms with Gasteiger partial charge in [-0.25, -0.2) is 0 Å². The summed E-state index contributed by atoms with van der Waals surface area (Å²) in [7, 11) is 0. The molecule has 1 N–H and O–H groups in total. The number of fused-ring (bicyclic) bond motifs is 1. The predicted molar refractivity (Wildman–Crippen MR) is 65.0 cm³/mol. The standard InChI is InChI=1S/C12H11BrN2O/c13-9-3-1-2-8(6-9)12-10-7-14-5-4-11(10)16-15-12/h1-3,6,14H,4-5,7H2. The fraction of sp³-hybridized carbons (Fsp3) is 0.250. The molecule has 0 spiro atoms. The fourth-order valence-corrected chi connectivity index (χ4v) is 2.40. The minimum atomic E-state index is 0.848. The Labute approximate surface area is 102 Å². The van der Waals surface area contributed by atoms with E-state index in [1.54, 1.807) is 0 Å². The minimum absolute atomic E-state index is 0.848. The van der Waals surface area contributed by atoms with Crippen LogP contribution in [0.15, 0.2) is 33.3 Å². The van der Waals surface area contributed by atoms with Gasteiger partial charge in [0.15, 0.2) is 0 Å². The van der Waals surface area contributed by atoms with Crippen LogP contribution in [0.2, 0.25) is 0 Å². The molecular formula is C12H11BrN2O. The molecule has 3 nitrogen and oxygen atoms in total. The lowest BCUT2D eigenvalue weighted by Crippen LogP contribution is -2.22. The monoisotopic (exact) mass is 278 g/mol. The molecular weight excluding hydrogens is 268 g/mol. The predicted octanol–water partition coefficient (Wildman–Crippen LogP) is 2.75. The lowest BCUT2D eigenvalue weighted by atomic mass is 10.0. The third-order valence-corrected chi connectivity index (χ3v) is 3.29. The van der Waals surface area contributed by atoms with Gasteiger partial charge >= 0.3 is 0 Å². The second kappa shape index (κ2) is 4.03. The number of hydrogen-bond acceptors (Lipinski definition) is 3. The van der Waals surface area contributed by atoms with Gasteiger partial charge in [0.2, 0.25) is 0 Å². The van der Waals surface area contributed by atoms with Crippen LogP contribution in [0.4, 0.5) is 0 Å². The maximum Gasteiger partial charge on any atom is 0.143 e. The molecule has 0 fully saturated rings. The van der Waals surface area contributed by atoms with Crippen LogP contribution in [0.25, 0.3) is 11.3 Å². The molecule has 16 heavy (non-hydrogen) atoms. The largest absolute Gasteiger partial charge is 0.360 e. The Bertz CT molecular complexity index is 521. The average Bonchev–Trinajstić information content (AvgIpc) is 2.72. The molecule has 2 aromatic rings. The van der Waals surface area contributed by atoms with Crippen molar-refractivity contribution in [1.82, 2.24) is 10.5 Å². The number of halogens is 1. The highest BCUT2D eigenvalue weighted by Gasteiger charge is 2.19. The highest BCUT2D eigenvalue weighted by Crippen LogP contribution is 2.28. The van der Waals surface area contributed by atoms with Crippen molar-refractivity contribution in [3.63, 3.8) is 0 Å². The molecule has 3 rings (SSSR count). The first-order valence-electron chi connectivity index (χ1n) is 5.28. The number of hydrogen-bond donors (Lipinski definition) is 1. The van der Waals surface area contributed by atoms with Crippen molar-refractivity contribution in [2.75, 3.05) is 6.54 Å². The SMILES string of the molecule is Brc1cccc(-c2noc3c2CNCC3)c1. The van der Waals surface area contributed by atoms with E-state index in [-0.39, 0.29) is 0 Å². The average molecular weight is 279 g/mol. The van der Waals surface area contributed by atoms with E-state index in [2.05, 4.69) is 38.5 Å². The van der Waals surface area contributed by atoms with Crippen molar-refractivity contribution in [2.45, 2.75) is 13.0 Å². The van der Waals surface area contributed by atoms with E-state index < -0.39 is 0 Å². The molecule has 0 saturated carbocycles.